The highest BCUT2D eigenvalue weighted by Gasteiger charge is 2.27. The molecule has 134 valence electrons. The Morgan fingerprint density at radius 1 is 1.00 bits per heavy atom. The Morgan fingerprint density at radius 3 is 2.39 bits per heavy atom. The molecule has 5 heteroatoms. The number of ether oxygens (including phenoxy) is 1. The largest absolute Gasteiger partial charge is 0.376 e. The molecule has 4 nitrogen and oxygen atoms in total. The van der Waals surface area contributed by atoms with Crippen molar-refractivity contribution in [2.45, 2.75) is 63.9 Å². The summed E-state index contributed by atoms with van der Waals surface area (Å²) in [5, 5.41) is 3.11. The summed E-state index contributed by atoms with van der Waals surface area (Å²) < 4.78 is 5.57. The van der Waals surface area contributed by atoms with Gasteiger partial charge in [0.1, 0.15) is 0 Å². The molecule has 1 N–H and O–H groups in total. The first-order chi connectivity index (χ1) is 10.8. The van der Waals surface area contributed by atoms with Crippen LogP contribution < -0.4 is 5.32 Å². The number of hydrogen-bond donors (Lipinski definition) is 1. The lowest BCUT2D eigenvalue weighted by Crippen LogP contribution is -2.43. The fourth-order valence-electron chi connectivity index (χ4n) is 4.28. The minimum atomic E-state index is 0. The molecular weight excluding hydrogens is 312 g/mol. The minimum Gasteiger partial charge on any atom is -0.376 e. The first-order valence-electron chi connectivity index (χ1n) is 9.43. The van der Waals surface area contributed by atoms with Crippen molar-refractivity contribution in [3.63, 3.8) is 0 Å². The van der Waals surface area contributed by atoms with Crippen LogP contribution in [-0.4, -0.2) is 49.7 Å². The van der Waals surface area contributed by atoms with Gasteiger partial charge < -0.3 is 15.0 Å². The van der Waals surface area contributed by atoms with E-state index in [4.69, 9.17) is 4.74 Å². The summed E-state index contributed by atoms with van der Waals surface area (Å²) >= 11 is 0. The van der Waals surface area contributed by atoms with E-state index in [1.807, 2.05) is 0 Å². The Hall–Kier alpha value is -0.320. The zero-order chi connectivity index (χ0) is 15.2. The Balaban J connectivity index is 0.00000192. The standard InChI is InChI=1S/C18H32N2O2.ClH/c21-18(19-13-17-7-4-12-22-17)16-8-10-20(11-9-16)14-15-5-2-1-3-6-15;/h15-17H,1-14H2,(H,19,21);1H. The molecule has 0 aromatic heterocycles. The summed E-state index contributed by atoms with van der Waals surface area (Å²) in [6.45, 7) is 5.05. The van der Waals surface area contributed by atoms with Crippen LogP contribution in [0, 0.1) is 11.8 Å². The summed E-state index contributed by atoms with van der Waals surface area (Å²) in [6, 6.07) is 0. The van der Waals surface area contributed by atoms with Crippen LogP contribution in [0.2, 0.25) is 0 Å². The molecule has 0 aromatic rings. The molecule has 1 aliphatic carbocycles. The lowest BCUT2D eigenvalue weighted by atomic mass is 9.88. The smallest absolute Gasteiger partial charge is 0.223 e. The van der Waals surface area contributed by atoms with Crippen molar-refractivity contribution in [1.29, 1.82) is 0 Å². The fraction of sp³-hybridized carbons (Fsp3) is 0.944. The quantitative estimate of drug-likeness (QED) is 0.833. The number of piperidine rings is 1. The van der Waals surface area contributed by atoms with Gasteiger partial charge in [-0.05, 0) is 57.5 Å². The molecule has 23 heavy (non-hydrogen) atoms. The predicted octanol–water partition coefficient (Wildman–Crippen LogP) is 3.00. The molecule has 0 bridgehead atoms. The molecule has 2 saturated heterocycles. The number of carbonyl (C=O) groups excluding carboxylic acids is 1. The van der Waals surface area contributed by atoms with Crippen molar-refractivity contribution in [3.8, 4) is 0 Å². The number of rotatable bonds is 5. The summed E-state index contributed by atoms with van der Waals surface area (Å²) in [6.07, 6.45) is 11.7. The molecule has 3 fully saturated rings. The van der Waals surface area contributed by atoms with E-state index in [9.17, 15) is 4.79 Å². The van der Waals surface area contributed by atoms with Crippen LogP contribution in [0.4, 0.5) is 0 Å². The van der Waals surface area contributed by atoms with Crippen molar-refractivity contribution in [2.75, 3.05) is 32.8 Å². The molecule has 0 aromatic carbocycles. The van der Waals surface area contributed by atoms with Gasteiger partial charge in [0.15, 0.2) is 0 Å². The molecule has 2 heterocycles. The average Bonchev–Trinajstić information content (AvgIpc) is 3.08. The molecule has 3 aliphatic rings. The maximum absolute atomic E-state index is 12.3. The second kappa shape index (κ2) is 9.85. The third kappa shape index (κ3) is 5.91. The number of likely N-dealkylation sites (tertiary alicyclic amines) is 1. The van der Waals surface area contributed by atoms with Crippen LogP contribution in [-0.2, 0) is 9.53 Å². The SMILES string of the molecule is Cl.O=C(NCC1CCCO1)C1CCN(CC2CCCCC2)CC1. The maximum Gasteiger partial charge on any atom is 0.223 e. The molecule has 1 atom stereocenters. The normalized spacial score (nSPS) is 27.6. The highest BCUT2D eigenvalue weighted by molar-refractivity contribution is 5.85. The van der Waals surface area contributed by atoms with E-state index in [2.05, 4.69) is 10.2 Å². The summed E-state index contributed by atoms with van der Waals surface area (Å²) in [7, 11) is 0. The number of nitrogens with zero attached hydrogens (tertiary/aromatic N) is 1. The van der Waals surface area contributed by atoms with E-state index in [1.165, 1.54) is 38.6 Å². The van der Waals surface area contributed by atoms with Gasteiger partial charge in [0.25, 0.3) is 0 Å². The molecule has 0 spiro atoms. The third-order valence-corrected chi connectivity index (χ3v) is 5.73. The van der Waals surface area contributed by atoms with E-state index < -0.39 is 0 Å². The highest BCUT2D eigenvalue weighted by Crippen LogP contribution is 2.26. The van der Waals surface area contributed by atoms with E-state index in [0.717, 1.165) is 51.3 Å². The Bertz CT molecular complexity index is 347. The second-order valence-electron chi connectivity index (χ2n) is 7.46. The summed E-state index contributed by atoms with van der Waals surface area (Å²) in [5.41, 5.74) is 0. The van der Waals surface area contributed by atoms with Gasteiger partial charge in [-0.3, -0.25) is 4.79 Å². The Morgan fingerprint density at radius 2 is 1.74 bits per heavy atom. The van der Waals surface area contributed by atoms with Crippen LogP contribution in [0.1, 0.15) is 57.8 Å². The number of hydrogen-bond acceptors (Lipinski definition) is 3. The molecule has 2 aliphatic heterocycles. The highest BCUT2D eigenvalue weighted by atomic mass is 35.5. The lowest BCUT2D eigenvalue weighted by molar-refractivity contribution is -0.127. The van der Waals surface area contributed by atoms with E-state index in [1.54, 1.807) is 0 Å². The number of nitrogens with one attached hydrogen (secondary N) is 1. The van der Waals surface area contributed by atoms with Crippen LogP contribution in [0.5, 0.6) is 0 Å². The topological polar surface area (TPSA) is 41.6 Å². The number of halogens is 1. The van der Waals surface area contributed by atoms with Crippen molar-refractivity contribution in [1.82, 2.24) is 10.2 Å². The van der Waals surface area contributed by atoms with Crippen molar-refractivity contribution >= 4 is 18.3 Å². The third-order valence-electron chi connectivity index (χ3n) is 5.73. The lowest BCUT2D eigenvalue weighted by Gasteiger charge is -2.35. The van der Waals surface area contributed by atoms with Gasteiger partial charge >= 0.3 is 0 Å². The van der Waals surface area contributed by atoms with Gasteiger partial charge in [0, 0.05) is 25.6 Å². The van der Waals surface area contributed by atoms with E-state index in [0.29, 0.717) is 6.54 Å². The van der Waals surface area contributed by atoms with Crippen molar-refractivity contribution in [2.24, 2.45) is 11.8 Å². The molecule has 1 saturated carbocycles. The monoisotopic (exact) mass is 344 g/mol. The zero-order valence-electron chi connectivity index (χ0n) is 14.3. The first kappa shape index (κ1) is 19.0. The van der Waals surface area contributed by atoms with Crippen molar-refractivity contribution < 1.29 is 9.53 Å². The maximum atomic E-state index is 12.3. The molecular formula is C18H33ClN2O2. The number of amides is 1. The first-order valence-corrected chi connectivity index (χ1v) is 9.43. The molecule has 0 radical (unpaired) electrons. The predicted molar refractivity (Wildman–Crippen MR) is 95.0 cm³/mol. The zero-order valence-corrected chi connectivity index (χ0v) is 15.1. The van der Waals surface area contributed by atoms with Crippen LogP contribution in [0.15, 0.2) is 0 Å². The average molecular weight is 345 g/mol. The molecule has 3 rings (SSSR count). The van der Waals surface area contributed by atoms with Gasteiger partial charge in [0.05, 0.1) is 6.10 Å². The van der Waals surface area contributed by atoms with Gasteiger partial charge in [-0.1, -0.05) is 19.3 Å². The van der Waals surface area contributed by atoms with Crippen LogP contribution in [0.25, 0.3) is 0 Å². The fourth-order valence-corrected chi connectivity index (χ4v) is 4.28. The summed E-state index contributed by atoms with van der Waals surface area (Å²) in [5.74, 6) is 1.40. The Kier molecular flexibility index (Phi) is 8.14. The summed E-state index contributed by atoms with van der Waals surface area (Å²) in [4.78, 5) is 14.9. The number of carbonyl (C=O) groups is 1. The van der Waals surface area contributed by atoms with Gasteiger partial charge in [-0.25, -0.2) is 0 Å². The van der Waals surface area contributed by atoms with E-state index >= 15 is 0 Å². The van der Waals surface area contributed by atoms with Gasteiger partial charge in [-0.15, -0.1) is 12.4 Å². The van der Waals surface area contributed by atoms with Crippen LogP contribution >= 0.6 is 12.4 Å². The molecule has 1 amide bonds. The van der Waals surface area contributed by atoms with E-state index in [-0.39, 0.29) is 30.3 Å². The van der Waals surface area contributed by atoms with Gasteiger partial charge in [-0.2, -0.15) is 0 Å². The molecule has 1 unspecified atom stereocenters. The van der Waals surface area contributed by atoms with Gasteiger partial charge in [0.2, 0.25) is 5.91 Å². The second-order valence-corrected chi connectivity index (χ2v) is 7.46. The Labute approximate surface area is 147 Å². The van der Waals surface area contributed by atoms with Crippen molar-refractivity contribution in [3.05, 3.63) is 0 Å². The minimum absolute atomic E-state index is 0. The van der Waals surface area contributed by atoms with Crippen LogP contribution in [0.3, 0.4) is 0 Å².